The van der Waals surface area contributed by atoms with Gasteiger partial charge in [-0.05, 0) is 43.9 Å². The maximum absolute atomic E-state index is 12.9. The molecule has 0 radical (unpaired) electrons. The normalized spacial score (nSPS) is 20.4. The van der Waals surface area contributed by atoms with E-state index in [0.717, 1.165) is 44.9 Å². The molecule has 0 spiro atoms. The summed E-state index contributed by atoms with van der Waals surface area (Å²) in [6.45, 7) is 1.02. The molecule has 5 nitrogen and oxygen atoms in total. The van der Waals surface area contributed by atoms with Crippen molar-refractivity contribution in [2.75, 3.05) is 13.1 Å². The van der Waals surface area contributed by atoms with E-state index in [1.165, 1.54) is 22.9 Å². The predicted octanol–water partition coefficient (Wildman–Crippen LogP) is 3.58. The zero-order valence-electron chi connectivity index (χ0n) is 14.3. The summed E-state index contributed by atoms with van der Waals surface area (Å²) in [7, 11) is -3.66. The molecule has 1 saturated carbocycles. The number of amides is 1. The van der Waals surface area contributed by atoms with Crippen LogP contribution in [0.25, 0.3) is 0 Å². The third kappa shape index (κ3) is 4.36. The Morgan fingerprint density at radius 3 is 2.36 bits per heavy atom. The average molecular weight is 385 g/mol. The van der Waals surface area contributed by atoms with Gasteiger partial charge in [0.1, 0.15) is 4.90 Å². The van der Waals surface area contributed by atoms with Crippen LogP contribution in [-0.2, 0) is 10.0 Å². The smallest absolute Gasteiger partial charge is 0.251 e. The van der Waals surface area contributed by atoms with Gasteiger partial charge in [-0.25, -0.2) is 8.42 Å². The van der Waals surface area contributed by atoms with Crippen molar-refractivity contribution in [2.45, 2.75) is 62.3 Å². The van der Waals surface area contributed by atoms with Crippen molar-refractivity contribution in [2.24, 2.45) is 0 Å². The Labute approximate surface area is 154 Å². The highest BCUT2D eigenvalue weighted by Crippen LogP contribution is 2.28. The first-order valence-corrected chi connectivity index (χ1v) is 10.9. The van der Waals surface area contributed by atoms with Crippen LogP contribution in [0, 0.1) is 0 Å². The number of halogens is 1. The lowest BCUT2D eigenvalue weighted by atomic mass is 9.95. The molecule has 2 aliphatic rings. The Morgan fingerprint density at radius 2 is 1.68 bits per heavy atom. The van der Waals surface area contributed by atoms with Crippen molar-refractivity contribution in [1.29, 1.82) is 0 Å². The molecule has 1 aliphatic heterocycles. The van der Waals surface area contributed by atoms with Crippen molar-refractivity contribution >= 4 is 27.5 Å². The molecule has 1 heterocycles. The molecular weight excluding hydrogens is 360 g/mol. The van der Waals surface area contributed by atoms with Gasteiger partial charge in [0.15, 0.2) is 0 Å². The third-order valence-electron chi connectivity index (χ3n) is 5.07. The van der Waals surface area contributed by atoms with E-state index in [2.05, 4.69) is 5.32 Å². The van der Waals surface area contributed by atoms with Crippen LogP contribution in [0.1, 0.15) is 61.7 Å². The topological polar surface area (TPSA) is 66.5 Å². The largest absolute Gasteiger partial charge is 0.349 e. The van der Waals surface area contributed by atoms with E-state index in [-0.39, 0.29) is 21.9 Å². The Hall–Kier alpha value is -1.11. The molecule has 1 saturated heterocycles. The Morgan fingerprint density at radius 1 is 1.04 bits per heavy atom. The standard InChI is InChI=1S/C18H25ClN2O3S/c19-16-10-9-14(18(22)20-15-7-3-1-4-8-15)13-17(16)25(23,24)21-11-5-2-6-12-21/h9-10,13,15H,1-8,11-12H2,(H,20,22). The van der Waals surface area contributed by atoms with Crippen LogP contribution < -0.4 is 5.32 Å². The first-order valence-electron chi connectivity index (χ1n) is 9.09. The number of sulfonamides is 1. The van der Waals surface area contributed by atoms with Gasteiger partial charge in [-0.2, -0.15) is 4.31 Å². The number of carbonyl (C=O) groups is 1. The van der Waals surface area contributed by atoms with E-state index >= 15 is 0 Å². The molecule has 1 aromatic rings. The lowest BCUT2D eigenvalue weighted by molar-refractivity contribution is 0.0927. The highest BCUT2D eigenvalue weighted by atomic mass is 35.5. The highest BCUT2D eigenvalue weighted by Gasteiger charge is 2.29. The Kier molecular flexibility index (Phi) is 6.02. The molecule has 25 heavy (non-hydrogen) atoms. The molecule has 138 valence electrons. The maximum atomic E-state index is 12.9. The van der Waals surface area contributed by atoms with Crippen LogP contribution in [0.15, 0.2) is 23.1 Å². The van der Waals surface area contributed by atoms with Gasteiger partial charge in [0.05, 0.1) is 5.02 Å². The van der Waals surface area contributed by atoms with E-state index in [1.807, 2.05) is 0 Å². The third-order valence-corrected chi connectivity index (χ3v) is 7.45. The molecule has 1 amide bonds. The number of rotatable bonds is 4. The van der Waals surface area contributed by atoms with Crippen molar-refractivity contribution in [3.8, 4) is 0 Å². The SMILES string of the molecule is O=C(NC1CCCCC1)c1ccc(Cl)c(S(=O)(=O)N2CCCCC2)c1. The molecule has 0 atom stereocenters. The number of hydrogen-bond donors (Lipinski definition) is 1. The Bertz CT molecular complexity index is 724. The van der Waals surface area contributed by atoms with Gasteiger partial charge in [-0.3, -0.25) is 4.79 Å². The molecule has 0 aromatic heterocycles. The van der Waals surface area contributed by atoms with Gasteiger partial charge in [0.25, 0.3) is 5.91 Å². The van der Waals surface area contributed by atoms with Gasteiger partial charge >= 0.3 is 0 Å². The minimum Gasteiger partial charge on any atom is -0.349 e. The molecule has 7 heteroatoms. The molecular formula is C18H25ClN2O3S. The van der Waals surface area contributed by atoms with Gasteiger partial charge in [0, 0.05) is 24.7 Å². The summed E-state index contributed by atoms with van der Waals surface area (Å²) in [5.41, 5.74) is 0.352. The van der Waals surface area contributed by atoms with Crippen molar-refractivity contribution in [3.63, 3.8) is 0 Å². The van der Waals surface area contributed by atoms with Crippen LogP contribution >= 0.6 is 11.6 Å². The summed E-state index contributed by atoms with van der Waals surface area (Å²) in [5, 5.41) is 3.19. The first kappa shape index (κ1) is 18.7. The molecule has 1 aromatic carbocycles. The number of nitrogens with zero attached hydrogens (tertiary/aromatic N) is 1. The minimum atomic E-state index is -3.66. The lowest BCUT2D eigenvalue weighted by Crippen LogP contribution is -2.37. The summed E-state index contributed by atoms with van der Waals surface area (Å²) in [6.07, 6.45) is 8.20. The fourth-order valence-electron chi connectivity index (χ4n) is 3.60. The summed E-state index contributed by atoms with van der Waals surface area (Å²) in [5.74, 6) is -0.223. The Balaban J connectivity index is 1.81. The molecule has 0 bridgehead atoms. The van der Waals surface area contributed by atoms with E-state index in [9.17, 15) is 13.2 Å². The molecule has 1 aliphatic carbocycles. The molecule has 2 fully saturated rings. The number of nitrogens with one attached hydrogen (secondary N) is 1. The van der Waals surface area contributed by atoms with Gasteiger partial charge in [-0.1, -0.05) is 37.3 Å². The van der Waals surface area contributed by atoms with Crippen LogP contribution in [0.5, 0.6) is 0 Å². The zero-order chi connectivity index (χ0) is 17.9. The quantitative estimate of drug-likeness (QED) is 0.862. The van der Waals surface area contributed by atoms with Crippen LogP contribution in [0.4, 0.5) is 0 Å². The average Bonchev–Trinajstić information content (AvgIpc) is 2.63. The number of piperidine rings is 1. The summed E-state index contributed by atoms with van der Waals surface area (Å²) >= 11 is 6.16. The number of hydrogen-bond acceptors (Lipinski definition) is 3. The van der Waals surface area contributed by atoms with Crippen LogP contribution in [0.2, 0.25) is 5.02 Å². The van der Waals surface area contributed by atoms with Crippen molar-refractivity contribution < 1.29 is 13.2 Å². The summed E-state index contributed by atoms with van der Waals surface area (Å²) in [6, 6.07) is 4.70. The van der Waals surface area contributed by atoms with Gasteiger partial charge in [-0.15, -0.1) is 0 Å². The van der Waals surface area contributed by atoms with Crippen LogP contribution in [-0.4, -0.2) is 37.8 Å². The summed E-state index contributed by atoms with van der Waals surface area (Å²) < 4.78 is 27.2. The minimum absolute atomic E-state index is 0.0346. The first-order chi connectivity index (χ1) is 12.0. The lowest BCUT2D eigenvalue weighted by Gasteiger charge is -2.26. The highest BCUT2D eigenvalue weighted by molar-refractivity contribution is 7.89. The van der Waals surface area contributed by atoms with Gasteiger partial charge in [0.2, 0.25) is 10.0 Å². The van der Waals surface area contributed by atoms with E-state index in [4.69, 9.17) is 11.6 Å². The van der Waals surface area contributed by atoms with Gasteiger partial charge < -0.3 is 5.32 Å². The van der Waals surface area contributed by atoms with E-state index in [1.54, 1.807) is 6.07 Å². The molecule has 3 rings (SSSR count). The van der Waals surface area contributed by atoms with Crippen molar-refractivity contribution in [1.82, 2.24) is 9.62 Å². The van der Waals surface area contributed by atoms with E-state index in [0.29, 0.717) is 18.7 Å². The number of benzene rings is 1. The van der Waals surface area contributed by atoms with E-state index < -0.39 is 10.0 Å². The van der Waals surface area contributed by atoms with Crippen LogP contribution in [0.3, 0.4) is 0 Å². The second kappa shape index (κ2) is 8.06. The van der Waals surface area contributed by atoms with Crippen molar-refractivity contribution in [3.05, 3.63) is 28.8 Å². The molecule has 0 unspecified atom stereocenters. The second-order valence-electron chi connectivity index (χ2n) is 6.92. The summed E-state index contributed by atoms with van der Waals surface area (Å²) in [4.78, 5) is 12.6. The fourth-order valence-corrected chi connectivity index (χ4v) is 5.62. The monoisotopic (exact) mass is 384 g/mol. The zero-order valence-corrected chi connectivity index (χ0v) is 15.9. The second-order valence-corrected chi connectivity index (χ2v) is 9.23. The maximum Gasteiger partial charge on any atom is 0.251 e. The predicted molar refractivity (Wildman–Crippen MR) is 98.4 cm³/mol. The number of carbonyl (C=O) groups excluding carboxylic acids is 1. The molecule has 1 N–H and O–H groups in total. The fraction of sp³-hybridized carbons (Fsp3) is 0.611.